The summed E-state index contributed by atoms with van der Waals surface area (Å²) in [6, 6.07) is 1.63. The number of rotatable bonds is 2. The van der Waals surface area contributed by atoms with Crippen molar-refractivity contribution in [3.8, 4) is 0 Å². The summed E-state index contributed by atoms with van der Waals surface area (Å²) in [4.78, 5) is 3.87. The van der Waals surface area contributed by atoms with Crippen molar-refractivity contribution < 1.29 is 17.6 Å². The summed E-state index contributed by atoms with van der Waals surface area (Å²) in [7, 11) is 0. The number of hydrogen-bond acceptors (Lipinski definition) is 3. The molecule has 0 radical (unpaired) electrons. The fourth-order valence-corrected chi connectivity index (χ4v) is 1.88. The Balaban J connectivity index is 2.38. The third-order valence-electron chi connectivity index (χ3n) is 2.57. The van der Waals surface area contributed by atoms with Crippen LogP contribution >= 0.6 is 11.6 Å². The molecule has 2 aromatic rings. The van der Waals surface area contributed by atoms with Crippen molar-refractivity contribution in [1.82, 2.24) is 9.66 Å². The van der Waals surface area contributed by atoms with Crippen molar-refractivity contribution in [1.29, 1.82) is 0 Å². The number of nitrogen functional groups attached to an aromatic ring is 1. The van der Waals surface area contributed by atoms with Gasteiger partial charge in [-0.05, 0) is 19.1 Å². The van der Waals surface area contributed by atoms with E-state index in [0.717, 1.165) is 12.3 Å². The highest BCUT2D eigenvalue weighted by atomic mass is 35.5. The predicted molar refractivity (Wildman–Crippen MR) is 70.8 cm³/mol. The van der Waals surface area contributed by atoms with Gasteiger partial charge in [-0.15, -0.1) is 0 Å². The zero-order chi connectivity index (χ0) is 15.8. The number of aryl methyl sites for hydroxylation is 1. The van der Waals surface area contributed by atoms with E-state index in [2.05, 4.69) is 10.1 Å². The molecule has 9 heteroatoms. The summed E-state index contributed by atoms with van der Waals surface area (Å²) in [6.45, 7) is 1.68. The highest BCUT2D eigenvalue weighted by Gasteiger charge is 2.34. The van der Waals surface area contributed by atoms with E-state index < -0.39 is 22.6 Å². The van der Waals surface area contributed by atoms with E-state index in [1.807, 2.05) is 0 Å². The van der Waals surface area contributed by atoms with Crippen LogP contribution in [0.15, 0.2) is 23.4 Å². The maximum Gasteiger partial charge on any atom is 0.417 e. The van der Waals surface area contributed by atoms with Crippen LogP contribution in [0.5, 0.6) is 0 Å². The van der Waals surface area contributed by atoms with Crippen molar-refractivity contribution in [2.75, 3.05) is 5.73 Å². The van der Waals surface area contributed by atoms with Crippen LogP contribution in [0.25, 0.3) is 0 Å². The number of alkyl halides is 3. The lowest BCUT2D eigenvalue weighted by atomic mass is 10.1. The molecule has 1 aromatic carbocycles. The quantitative estimate of drug-likeness (QED) is 0.680. The summed E-state index contributed by atoms with van der Waals surface area (Å²) in [6.07, 6.45) is -2.23. The summed E-state index contributed by atoms with van der Waals surface area (Å²) >= 11 is 5.40. The van der Waals surface area contributed by atoms with Crippen LogP contribution in [0.3, 0.4) is 0 Å². The van der Waals surface area contributed by atoms with E-state index in [0.29, 0.717) is 11.8 Å². The summed E-state index contributed by atoms with van der Waals surface area (Å²) in [5.74, 6) is -1.13. The molecule has 2 N–H and O–H groups in total. The van der Waals surface area contributed by atoms with Gasteiger partial charge in [0.2, 0.25) is 5.95 Å². The molecule has 0 atom stereocenters. The Kier molecular flexibility index (Phi) is 3.91. The number of hydrogen-bond donors (Lipinski definition) is 1. The predicted octanol–water partition coefficient (Wildman–Crippen LogP) is 3.47. The molecular formula is C12H9ClF4N4. The van der Waals surface area contributed by atoms with Gasteiger partial charge in [-0.3, -0.25) is 0 Å². The highest BCUT2D eigenvalue weighted by molar-refractivity contribution is 6.31. The van der Waals surface area contributed by atoms with Crippen LogP contribution in [-0.2, 0) is 6.18 Å². The van der Waals surface area contributed by atoms with Crippen molar-refractivity contribution >= 4 is 23.8 Å². The monoisotopic (exact) mass is 320 g/mol. The summed E-state index contributed by atoms with van der Waals surface area (Å²) in [5, 5.41) is 2.82. The number of anilines is 1. The Morgan fingerprint density at radius 2 is 2.05 bits per heavy atom. The van der Waals surface area contributed by atoms with E-state index in [9.17, 15) is 17.6 Å². The van der Waals surface area contributed by atoms with Crippen LogP contribution < -0.4 is 5.73 Å². The Hall–Kier alpha value is -2.09. The smallest absolute Gasteiger partial charge is 0.368 e. The molecule has 0 aliphatic rings. The summed E-state index contributed by atoms with van der Waals surface area (Å²) < 4.78 is 52.6. The molecule has 0 aliphatic heterocycles. The van der Waals surface area contributed by atoms with Crippen LogP contribution in [0, 0.1) is 12.7 Å². The molecule has 0 saturated heterocycles. The van der Waals surface area contributed by atoms with Gasteiger partial charge >= 0.3 is 6.18 Å². The first-order valence-electron chi connectivity index (χ1n) is 5.61. The molecule has 0 aliphatic carbocycles. The van der Waals surface area contributed by atoms with Gasteiger partial charge < -0.3 is 5.73 Å². The molecule has 1 heterocycles. The molecule has 21 heavy (non-hydrogen) atoms. The Morgan fingerprint density at radius 3 is 2.57 bits per heavy atom. The third-order valence-corrected chi connectivity index (χ3v) is 2.94. The van der Waals surface area contributed by atoms with E-state index in [4.69, 9.17) is 17.3 Å². The Morgan fingerprint density at radius 1 is 1.38 bits per heavy atom. The van der Waals surface area contributed by atoms with E-state index in [1.165, 1.54) is 10.9 Å². The largest absolute Gasteiger partial charge is 0.417 e. The molecule has 1 aromatic heterocycles. The van der Waals surface area contributed by atoms with Crippen LogP contribution in [-0.4, -0.2) is 15.9 Å². The number of nitrogens with two attached hydrogens (primary N) is 1. The average Bonchev–Trinajstić information content (AvgIpc) is 2.68. The minimum Gasteiger partial charge on any atom is -0.368 e. The van der Waals surface area contributed by atoms with Gasteiger partial charge in [-0.1, -0.05) is 11.6 Å². The Labute approximate surface area is 121 Å². The second kappa shape index (κ2) is 5.36. The highest BCUT2D eigenvalue weighted by Crippen LogP contribution is 2.36. The van der Waals surface area contributed by atoms with Crippen LogP contribution in [0.2, 0.25) is 5.02 Å². The molecule has 0 unspecified atom stereocenters. The van der Waals surface area contributed by atoms with Crippen LogP contribution in [0.1, 0.15) is 16.8 Å². The maximum absolute atomic E-state index is 13.8. The van der Waals surface area contributed by atoms with Gasteiger partial charge in [-0.2, -0.15) is 18.3 Å². The molecule has 0 fully saturated rings. The molecule has 4 nitrogen and oxygen atoms in total. The fourth-order valence-electron chi connectivity index (χ4n) is 1.60. The molecule has 112 valence electrons. The second-order valence-electron chi connectivity index (χ2n) is 4.16. The fraction of sp³-hybridized carbons (Fsp3) is 0.167. The number of nitrogens with zero attached hydrogens (tertiary/aromatic N) is 3. The van der Waals surface area contributed by atoms with Crippen LogP contribution in [0.4, 0.5) is 23.5 Å². The lowest BCUT2D eigenvalue weighted by molar-refractivity contribution is -0.137. The summed E-state index contributed by atoms with van der Waals surface area (Å²) in [5.41, 5.74) is 4.68. The average molecular weight is 321 g/mol. The molecular weight excluding hydrogens is 312 g/mol. The van der Waals surface area contributed by atoms with Gasteiger partial charge in [0.15, 0.2) is 5.82 Å². The Bertz CT molecular complexity index is 706. The van der Waals surface area contributed by atoms with Crippen molar-refractivity contribution in [2.45, 2.75) is 13.1 Å². The molecule has 0 spiro atoms. The molecule has 2 rings (SSSR count). The van der Waals surface area contributed by atoms with Gasteiger partial charge in [-0.25, -0.2) is 14.1 Å². The molecule has 0 amide bonds. The minimum atomic E-state index is -4.72. The van der Waals surface area contributed by atoms with E-state index in [1.54, 1.807) is 6.92 Å². The normalized spacial score (nSPS) is 12.3. The van der Waals surface area contributed by atoms with Crippen molar-refractivity contribution in [3.05, 3.63) is 46.0 Å². The lowest BCUT2D eigenvalue weighted by Crippen LogP contribution is -2.08. The first-order valence-corrected chi connectivity index (χ1v) is 5.99. The first-order chi connectivity index (χ1) is 9.70. The molecule has 0 bridgehead atoms. The standard InChI is InChI=1S/C12H9ClF4N4/c1-6-5-21(11(18)20-6)19-4-7-2-3-8(12(15,16)17)9(13)10(7)14/h2-5H,1H3,(H2,18,20). The van der Waals surface area contributed by atoms with Gasteiger partial charge in [0.25, 0.3) is 0 Å². The number of benzene rings is 1. The second-order valence-corrected chi connectivity index (χ2v) is 4.54. The molecule has 0 saturated carbocycles. The number of imidazole rings is 1. The SMILES string of the molecule is Cc1cn(N=Cc2ccc(C(F)(F)F)c(Cl)c2F)c(N)n1. The van der Waals surface area contributed by atoms with E-state index >= 15 is 0 Å². The zero-order valence-electron chi connectivity index (χ0n) is 10.6. The van der Waals surface area contributed by atoms with Crippen molar-refractivity contribution in [2.24, 2.45) is 5.10 Å². The van der Waals surface area contributed by atoms with Gasteiger partial charge in [0.05, 0.1) is 28.7 Å². The van der Waals surface area contributed by atoms with Crippen molar-refractivity contribution in [3.63, 3.8) is 0 Å². The van der Waals surface area contributed by atoms with Gasteiger partial charge in [0, 0.05) is 5.56 Å². The number of halogens is 5. The first kappa shape index (κ1) is 15.3. The lowest BCUT2D eigenvalue weighted by Gasteiger charge is -2.10. The van der Waals surface area contributed by atoms with Gasteiger partial charge in [0.1, 0.15) is 0 Å². The third kappa shape index (κ3) is 3.15. The maximum atomic E-state index is 13.8. The zero-order valence-corrected chi connectivity index (χ0v) is 11.4. The van der Waals surface area contributed by atoms with E-state index in [-0.39, 0.29) is 11.5 Å². The number of aromatic nitrogens is 2. The topological polar surface area (TPSA) is 56.2 Å². The minimum absolute atomic E-state index is 0.0715.